The van der Waals surface area contributed by atoms with E-state index in [-0.39, 0.29) is 10.6 Å². The highest BCUT2D eigenvalue weighted by Gasteiger charge is 2.21. The Morgan fingerprint density at radius 2 is 1.88 bits per heavy atom. The van der Waals surface area contributed by atoms with E-state index in [4.69, 9.17) is 4.74 Å². The number of nitrogens with one attached hydrogen (secondary N) is 2. The van der Waals surface area contributed by atoms with E-state index in [1.165, 1.54) is 6.07 Å². The molecule has 0 fully saturated rings. The zero-order valence-electron chi connectivity index (χ0n) is 13.1. The largest absolute Gasteiger partial charge is 0.493 e. The van der Waals surface area contributed by atoms with E-state index in [1.807, 2.05) is 0 Å². The monoisotopic (exact) mass is 346 g/mol. The second-order valence-electron chi connectivity index (χ2n) is 6.20. The maximum Gasteiger partial charge on any atom is 0.272 e. The van der Waals surface area contributed by atoms with Crippen molar-refractivity contribution in [3.05, 3.63) is 51.4 Å². The summed E-state index contributed by atoms with van der Waals surface area (Å²) >= 11 is 0. The maximum absolute atomic E-state index is 12.6. The molecule has 0 atom stereocenters. The normalized spacial score (nSPS) is 16.2. The molecule has 0 amide bonds. The van der Waals surface area contributed by atoms with Gasteiger partial charge in [-0.25, -0.2) is 8.42 Å². The molecule has 7 heteroatoms. The van der Waals surface area contributed by atoms with Gasteiger partial charge in [0.2, 0.25) is 0 Å². The molecule has 2 N–H and O–H groups in total. The van der Waals surface area contributed by atoms with Crippen LogP contribution in [0.2, 0.25) is 0 Å². The van der Waals surface area contributed by atoms with Crippen LogP contribution in [0.1, 0.15) is 29.7 Å². The summed E-state index contributed by atoms with van der Waals surface area (Å²) in [6.07, 6.45) is 4.48. The average Bonchev–Trinajstić information content (AvgIpc) is 3.03. The molecule has 4 rings (SSSR count). The van der Waals surface area contributed by atoms with Crippen LogP contribution < -0.4 is 15.0 Å². The molecule has 1 aromatic carbocycles. The molecule has 126 valence electrons. The molecule has 1 aliphatic carbocycles. The number of ether oxygens (including phenoxy) is 1. The molecule has 0 saturated carbocycles. The minimum Gasteiger partial charge on any atom is -0.493 e. The molecule has 2 aromatic rings. The van der Waals surface area contributed by atoms with Crippen molar-refractivity contribution >= 4 is 15.7 Å². The fourth-order valence-corrected chi connectivity index (χ4v) is 4.39. The van der Waals surface area contributed by atoms with Crippen LogP contribution in [-0.4, -0.2) is 20.0 Å². The van der Waals surface area contributed by atoms with Crippen molar-refractivity contribution in [1.82, 2.24) is 4.98 Å². The van der Waals surface area contributed by atoms with Gasteiger partial charge in [-0.3, -0.25) is 9.52 Å². The quantitative estimate of drug-likeness (QED) is 0.890. The number of fused-ring (bicyclic) bond motifs is 2. The van der Waals surface area contributed by atoms with Crippen molar-refractivity contribution in [2.45, 2.75) is 37.0 Å². The lowest BCUT2D eigenvalue weighted by atomic mass is 9.96. The average molecular weight is 346 g/mol. The Balaban J connectivity index is 1.68. The van der Waals surface area contributed by atoms with Crippen molar-refractivity contribution in [1.29, 1.82) is 0 Å². The Morgan fingerprint density at radius 1 is 1.04 bits per heavy atom. The lowest BCUT2D eigenvalue weighted by Gasteiger charge is -2.16. The summed E-state index contributed by atoms with van der Waals surface area (Å²) in [5.74, 6) is 0.723. The third kappa shape index (κ3) is 2.69. The molecule has 2 aliphatic rings. The van der Waals surface area contributed by atoms with Crippen LogP contribution in [0.4, 0.5) is 5.69 Å². The number of sulfonamides is 1. The number of aryl methyl sites for hydroxylation is 2. The smallest absolute Gasteiger partial charge is 0.272 e. The molecule has 0 saturated heterocycles. The Kier molecular flexibility index (Phi) is 3.60. The molecule has 0 unspecified atom stereocenters. The van der Waals surface area contributed by atoms with Gasteiger partial charge in [-0.2, -0.15) is 0 Å². The number of pyridine rings is 1. The number of rotatable bonds is 3. The van der Waals surface area contributed by atoms with Crippen LogP contribution in [0.25, 0.3) is 0 Å². The number of benzene rings is 1. The van der Waals surface area contributed by atoms with E-state index in [0.29, 0.717) is 13.0 Å². The van der Waals surface area contributed by atoms with E-state index < -0.39 is 15.6 Å². The summed E-state index contributed by atoms with van der Waals surface area (Å²) in [6.45, 7) is 0.566. The fourth-order valence-electron chi connectivity index (χ4n) is 3.28. The van der Waals surface area contributed by atoms with Crippen LogP contribution in [0.5, 0.6) is 5.75 Å². The second-order valence-corrected chi connectivity index (χ2v) is 7.88. The van der Waals surface area contributed by atoms with Gasteiger partial charge in [-0.15, -0.1) is 0 Å². The van der Waals surface area contributed by atoms with Gasteiger partial charge in [0, 0.05) is 12.1 Å². The standard InChI is InChI=1S/C17H18N2O4S/c20-17-15(10-11-3-1-2-4-14(11)18-17)19-24(21,22)13-5-6-16-12(9-13)7-8-23-16/h5-6,9-10,19H,1-4,7-8H2,(H,18,20). The first-order valence-electron chi connectivity index (χ1n) is 8.06. The topological polar surface area (TPSA) is 88.3 Å². The summed E-state index contributed by atoms with van der Waals surface area (Å²) in [5, 5.41) is 0. The summed E-state index contributed by atoms with van der Waals surface area (Å²) in [5.41, 5.74) is 2.48. The predicted molar refractivity (Wildman–Crippen MR) is 90.2 cm³/mol. The first-order valence-corrected chi connectivity index (χ1v) is 9.55. The number of aromatic amines is 1. The van der Waals surface area contributed by atoms with Crippen molar-refractivity contribution < 1.29 is 13.2 Å². The van der Waals surface area contributed by atoms with E-state index in [0.717, 1.165) is 48.3 Å². The first kappa shape index (κ1) is 15.3. The Labute approximate surface area is 139 Å². The third-order valence-electron chi connectivity index (χ3n) is 4.55. The maximum atomic E-state index is 12.6. The molecule has 0 radical (unpaired) electrons. The number of H-pyrrole nitrogens is 1. The minimum absolute atomic E-state index is 0.0763. The molecule has 2 heterocycles. The molecule has 1 aliphatic heterocycles. The van der Waals surface area contributed by atoms with Crippen molar-refractivity contribution in [3.63, 3.8) is 0 Å². The fraction of sp³-hybridized carbons (Fsp3) is 0.353. The highest BCUT2D eigenvalue weighted by molar-refractivity contribution is 7.92. The number of anilines is 1. The number of hydrogen-bond donors (Lipinski definition) is 2. The van der Waals surface area contributed by atoms with Crippen LogP contribution >= 0.6 is 0 Å². The Morgan fingerprint density at radius 3 is 2.75 bits per heavy atom. The highest BCUT2D eigenvalue weighted by Crippen LogP contribution is 2.28. The molecule has 6 nitrogen and oxygen atoms in total. The van der Waals surface area contributed by atoms with Crippen molar-refractivity contribution in [2.75, 3.05) is 11.3 Å². The van der Waals surface area contributed by atoms with E-state index in [2.05, 4.69) is 9.71 Å². The highest BCUT2D eigenvalue weighted by atomic mass is 32.2. The molecule has 24 heavy (non-hydrogen) atoms. The van der Waals surface area contributed by atoms with Crippen LogP contribution in [0, 0.1) is 0 Å². The summed E-state index contributed by atoms with van der Waals surface area (Å²) in [6, 6.07) is 6.44. The molecular formula is C17H18N2O4S. The Bertz CT molecular complexity index is 963. The SMILES string of the molecule is O=c1[nH]c2c(cc1NS(=O)(=O)c1ccc3c(c1)CCO3)CCCC2. The minimum atomic E-state index is -3.81. The van der Waals surface area contributed by atoms with Gasteiger partial charge in [0.1, 0.15) is 11.4 Å². The van der Waals surface area contributed by atoms with Crippen LogP contribution in [0.15, 0.2) is 34.0 Å². The van der Waals surface area contributed by atoms with Crippen molar-refractivity contribution in [3.8, 4) is 5.75 Å². The first-order chi connectivity index (χ1) is 11.5. The van der Waals surface area contributed by atoms with E-state index in [1.54, 1.807) is 18.2 Å². The number of hydrogen-bond acceptors (Lipinski definition) is 4. The van der Waals surface area contributed by atoms with Gasteiger partial charge in [-0.05, 0) is 61.1 Å². The summed E-state index contributed by atoms with van der Waals surface area (Å²) in [7, 11) is -3.81. The van der Waals surface area contributed by atoms with Gasteiger partial charge >= 0.3 is 0 Å². The van der Waals surface area contributed by atoms with E-state index >= 15 is 0 Å². The van der Waals surface area contributed by atoms with Gasteiger partial charge in [0.05, 0.1) is 11.5 Å². The summed E-state index contributed by atoms with van der Waals surface area (Å²) < 4.78 is 33.1. The lowest BCUT2D eigenvalue weighted by Crippen LogP contribution is -2.23. The van der Waals surface area contributed by atoms with Crippen LogP contribution in [-0.2, 0) is 29.3 Å². The zero-order chi connectivity index (χ0) is 16.7. The predicted octanol–water partition coefficient (Wildman–Crippen LogP) is 1.99. The lowest BCUT2D eigenvalue weighted by molar-refractivity contribution is 0.356. The van der Waals surface area contributed by atoms with Crippen molar-refractivity contribution in [2.24, 2.45) is 0 Å². The van der Waals surface area contributed by atoms with Crippen LogP contribution in [0.3, 0.4) is 0 Å². The molecule has 0 spiro atoms. The van der Waals surface area contributed by atoms with Gasteiger partial charge in [-0.1, -0.05) is 0 Å². The van der Waals surface area contributed by atoms with Gasteiger partial charge in [0.15, 0.2) is 0 Å². The molecule has 0 bridgehead atoms. The summed E-state index contributed by atoms with van der Waals surface area (Å²) in [4.78, 5) is 15.1. The zero-order valence-corrected chi connectivity index (χ0v) is 13.9. The van der Waals surface area contributed by atoms with Gasteiger partial charge < -0.3 is 9.72 Å². The second kappa shape index (κ2) is 5.66. The Hall–Kier alpha value is -2.28. The number of aromatic nitrogens is 1. The van der Waals surface area contributed by atoms with E-state index in [9.17, 15) is 13.2 Å². The van der Waals surface area contributed by atoms with Gasteiger partial charge in [0.25, 0.3) is 15.6 Å². The molecular weight excluding hydrogens is 328 g/mol. The third-order valence-corrected chi connectivity index (χ3v) is 5.92. The molecule has 1 aromatic heterocycles.